The van der Waals surface area contributed by atoms with Crippen molar-refractivity contribution in [3.63, 3.8) is 0 Å². The van der Waals surface area contributed by atoms with Crippen LogP contribution in [0.5, 0.6) is 0 Å². The number of carbonyl (C=O) groups excluding carboxylic acids is 1. The third-order valence-electron chi connectivity index (χ3n) is 0.816. The van der Waals surface area contributed by atoms with Gasteiger partial charge in [0.05, 0.1) is 0 Å². The van der Waals surface area contributed by atoms with Gasteiger partial charge in [-0.3, -0.25) is 4.79 Å². The lowest BCUT2D eigenvalue weighted by Gasteiger charge is -2.05. The molecule has 5 heteroatoms. The number of aliphatic hydroxyl groups is 1. The summed E-state index contributed by atoms with van der Waals surface area (Å²) < 4.78 is 4.59. The largest absolute Gasteiger partial charge is 0.396 e. The number of aliphatic hydroxyl groups excluding tert-OH is 1. The average Bonchev–Trinajstić information content (AvgIpc) is 1.82. The van der Waals surface area contributed by atoms with Gasteiger partial charge in [-0.05, 0) is 0 Å². The minimum absolute atomic E-state index is 0.0867. The lowest BCUT2D eigenvalue weighted by molar-refractivity contribution is -0.124. The first-order valence-corrected chi connectivity index (χ1v) is 3.28. The van der Waals surface area contributed by atoms with Crippen LogP contribution in [0, 0.1) is 0 Å². The van der Waals surface area contributed by atoms with Crippen LogP contribution in [0.2, 0.25) is 0 Å². The Morgan fingerprint density at radius 2 is 2.44 bits per heavy atom. The number of hydrogen-bond donors (Lipinski definition) is 2. The summed E-state index contributed by atoms with van der Waals surface area (Å²) >= 11 is 1.58. The average molecular weight is 245 g/mol. The van der Waals surface area contributed by atoms with Crippen molar-refractivity contribution >= 4 is 28.9 Å². The highest BCUT2D eigenvalue weighted by molar-refractivity contribution is 14.1. The summed E-state index contributed by atoms with van der Waals surface area (Å²) in [5, 5.41) is 8.33. The van der Waals surface area contributed by atoms with Crippen molar-refractivity contribution in [1.82, 2.24) is 0 Å². The topological polar surface area (TPSA) is 72.6 Å². The predicted octanol–water partition coefficient (Wildman–Crippen LogP) is -0.411. The van der Waals surface area contributed by atoms with E-state index in [-0.39, 0.29) is 13.0 Å². The monoisotopic (exact) mass is 245 g/mol. The minimum atomic E-state index is -0.657. The van der Waals surface area contributed by atoms with Crippen LogP contribution in [0.4, 0.5) is 0 Å². The van der Waals surface area contributed by atoms with Gasteiger partial charge in [-0.15, -0.1) is 0 Å². The molecule has 9 heavy (non-hydrogen) atoms. The van der Waals surface area contributed by atoms with Gasteiger partial charge in [0.1, 0.15) is 23.0 Å². The maximum atomic E-state index is 10.3. The summed E-state index contributed by atoms with van der Waals surface area (Å²) in [6, 6.07) is 0. The SMILES string of the molecule is NC(=O)C(CCO)OI. The minimum Gasteiger partial charge on any atom is -0.396 e. The first kappa shape index (κ1) is 9.12. The van der Waals surface area contributed by atoms with E-state index < -0.39 is 12.0 Å². The normalized spacial score (nSPS) is 13.1. The van der Waals surface area contributed by atoms with Gasteiger partial charge in [0.25, 0.3) is 0 Å². The second-order valence-electron chi connectivity index (χ2n) is 1.49. The molecule has 0 spiro atoms. The van der Waals surface area contributed by atoms with E-state index in [0.29, 0.717) is 0 Å². The quantitative estimate of drug-likeness (QED) is 0.661. The molecule has 1 atom stereocenters. The molecule has 0 aliphatic carbocycles. The van der Waals surface area contributed by atoms with Crippen molar-refractivity contribution in [1.29, 1.82) is 0 Å². The van der Waals surface area contributed by atoms with Crippen LogP contribution in [0.3, 0.4) is 0 Å². The third kappa shape index (κ3) is 3.66. The van der Waals surface area contributed by atoms with E-state index >= 15 is 0 Å². The molecule has 1 unspecified atom stereocenters. The van der Waals surface area contributed by atoms with Crippen molar-refractivity contribution in [2.75, 3.05) is 6.61 Å². The lowest BCUT2D eigenvalue weighted by Crippen LogP contribution is -2.29. The molecule has 4 nitrogen and oxygen atoms in total. The van der Waals surface area contributed by atoms with E-state index in [1.807, 2.05) is 0 Å². The zero-order valence-electron chi connectivity index (χ0n) is 4.71. The zero-order chi connectivity index (χ0) is 7.28. The fourth-order valence-corrected chi connectivity index (χ4v) is 0.853. The maximum absolute atomic E-state index is 10.3. The van der Waals surface area contributed by atoms with E-state index in [0.717, 1.165) is 0 Å². The van der Waals surface area contributed by atoms with E-state index in [9.17, 15) is 4.79 Å². The first-order valence-electron chi connectivity index (χ1n) is 2.40. The van der Waals surface area contributed by atoms with Gasteiger partial charge < -0.3 is 13.9 Å². The van der Waals surface area contributed by atoms with Crippen molar-refractivity contribution < 1.29 is 13.0 Å². The molecule has 0 aromatic rings. The molecule has 0 aromatic carbocycles. The van der Waals surface area contributed by atoms with E-state index in [2.05, 4.69) is 3.07 Å². The smallest absolute Gasteiger partial charge is 0.247 e. The standard InChI is InChI=1S/C4H8INO3/c5-9-3(1-2-7)4(6)8/h3,7H,1-2H2,(H2,6,8). The van der Waals surface area contributed by atoms with Gasteiger partial charge in [0.2, 0.25) is 5.91 Å². The highest BCUT2D eigenvalue weighted by Crippen LogP contribution is 2.01. The summed E-state index contributed by atoms with van der Waals surface area (Å²) in [4.78, 5) is 10.3. The molecular weight excluding hydrogens is 237 g/mol. The summed E-state index contributed by atoms with van der Waals surface area (Å²) in [5.74, 6) is -0.543. The number of halogens is 1. The van der Waals surface area contributed by atoms with E-state index in [1.165, 1.54) is 0 Å². The van der Waals surface area contributed by atoms with Crippen LogP contribution in [0.25, 0.3) is 0 Å². The van der Waals surface area contributed by atoms with Crippen molar-refractivity contribution in [3.05, 3.63) is 0 Å². The second-order valence-corrected chi connectivity index (χ2v) is 2.00. The molecule has 1 amide bonds. The molecular formula is C4H8INO3. The highest BCUT2D eigenvalue weighted by atomic mass is 127. The third-order valence-corrected chi connectivity index (χ3v) is 1.43. The van der Waals surface area contributed by atoms with Crippen LogP contribution in [-0.2, 0) is 7.86 Å². The fraction of sp³-hybridized carbons (Fsp3) is 0.750. The molecule has 0 heterocycles. The number of amides is 1. The van der Waals surface area contributed by atoms with Gasteiger partial charge in [0, 0.05) is 13.0 Å². The molecule has 54 valence electrons. The lowest BCUT2D eigenvalue weighted by atomic mass is 10.2. The summed E-state index contributed by atoms with van der Waals surface area (Å²) in [6.45, 7) is -0.0867. The number of rotatable bonds is 4. The van der Waals surface area contributed by atoms with Gasteiger partial charge in [-0.1, -0.05) is 0 Å². The Morgan fingerprint density at radius 3 is 2.56 bits per heavy atom. The Balaban J connectivity index is 3.54. The number of carbonyl (C=O) groups is 1. The Bertz CT molecular complexity index is 97.8. The van der Waals surface area contributed by atoms with Gasteiger partial charge in [-0.25, -0.2) is 0 Å². The van der Waals surface area contributed by atoms with Gasteiger partial charge in [0.15, 0.2) is 6.10 Å². The molecule has 0 aliphatic rings. The molecule has 0 aliphatic heterocycles. The van der Waals surface area contributed by atoms with Crippen LogP contribution in [0.1, 0.15) is 6.42 Å². The van der Waals surface area contributed by atoms with E-state index in [1.54, 1.807) is 23.0 Å². The molecule has 0 fully saturated rings. The first-order chi connectivity index (χ1) is 4.22. The van der Waals surface area contributed by atoms with Crippen molar-refractivity contribution in [2.45, 2.75) is 12.5 Å². The molecule has 3 N–H and O–H groups in total. The summed E-state index contributed by atoms with van der Waals surface area (Å²) in [6.07, 6.45) is -0.395. The van der Waals surface area contributed by atoms with Crippen LogP contribution in [-0.4, -0.2) is 23.7 Å². The Morgan fingerprint density at radius 1 is 1.89 bits per heavy atom. The van der Waals surface area contributed by atoms with Crippen molar-refractivity contribution in [2.24, 2.45) is 5.73 Å². The van der Waals surface area contributed by atoms with E-state index in [4.69, 9.17) is 10.8 Å². The number of nitrogens with two attached hydrogens (primary N) is 1. The van der Waals surface area contributed by atoms with Crippen molar-refractivity contribution in [3.8, 4) is 0 Å². The molecule has 0 saturated heterocycles. The van der Waals surface area contributed by atoms with Crippen LogP contribution < -0.4 is 5.73 Å². The maximum Gasteiger partial charge on any atom is 0.247 e. The van der Waals surface area contributed by atoms with Crippen LogP contribution in [0.15, 0.2) is 0 Å². The fourth-order valence-electron chi connectivity index (χ4n) is 0.348. The molecule has 0 rings (SSSR count). The predicted molar refractivity (Wildman–Crippen MR) is 39.8 cm³/mol. The zero-order valence-corrected chi connectivity index (χ0v) is 6.87. The number of hydrogen-bond acceptors (Lipinski definition) is 3. The van der Waals surface area contributed by atoms with Crippen LogP contribution >= 0.6 is 23.0 Å². The summed E-state index contributed by atoms with van der Waals surface area (Å²) in [7, 11) is 0. The second kappa shape index (κ2) is 4.95. The van der Waals surface area contributed by atoms with Gasteiger partial charge >= 0.3 is 0 Å². The Hall–Kier alpha value is 0.120. The Labute approximate surface area is 67.1 Å². The summed E-state index contributed by atoms with van der Waals surface area (Å²) in [5.41, 5.74) is 4.85. The Kier molecular flexibility index (Phi) is 5.02. The highest BCUT2D eigenvalue weighted by Gasteiger charge is 2.12. The van der Waals surface area contributed by atoms with Gasteiger partial charge in [-0.2, -0.15) is 0 Å². The molecule has 0 saturated carbocycles. The molecule has 0 radical (unpaired) electrons. The number of primary amides is 1. The molecule has 0 aromatic heterocycles. The molecule has 0 bridgehead atoms.